The van der Waals surface area contributed by atoms with Gasteiger partial charge in [0, 0.05) is 24.9 Å². The van der Waals surface area contributed by atoms with Crippen LogP contribution in [0, 0.1) is 5.82 Å². The van der Waals surface area contributed by atoms with Crippen LogP contribution in [0.2, 0.25) is 0 Å². The van der Waals surface area contributed by atoms with Crippen LogP contribution in [0.3, 0.4) is 0 Å². The second-order valence-corrected chi connectivity index (χ2v) is 7.10. The maximum absolute atomic E-state index is 13.1. The van der Waals surface area contributed by atoms with Gasteiger partial charge < -0.3 is 4.90 Å². The van der Waals surface area contributed by atoms with Crippen molar-refractivity contribution < 1.29 is 17.6 Å². The van der Waals surface area contributed by atoms with Crippen LogP contribution in [0.1, 0.15) is 24.2 Å². The maximum atomic E-state index is 13.1. The van der Waals surface area contributed by atoms with Crippen LogP contribution in [0.25, 0.3) is 0 Å². The van der Waals surface area contributed by atoms with Crippen LogP contribution >= 0.6 is 0 Å². The quantitative estimate of drug-likeness (QED) is 0.847. The normalized spacial score (nSPS) is 14.8. The van der Waals surface area contributed by atoms with Gasteiger partial charge in [-0.2, -0.15) is 0 Å². The van der Waals surface area contributed by atoms with E-state index in [1.54, 1.807) is 13.8 Å². The summed E-state index contributed by atoms with van der Waals surface area (Å²) in [6.07, 6.45) is 1.13. The highest BCUT2D eigenvalue weighted by atomic mass is 32.2. The molecule has 2 unspecified atom stereocenters. The molecule has 0 N–H and O–H groups in total. The van der Waals surface area contributed by atoms with Crippen molar-refractivity contribution in [3.05, 3.63) is 35.6 Å². The van der Waals surface area contributed by atoms with E-state index in [4.69, 9.17) is 0 Å². The largest absolute Gasteiger partial charge is 0.338 e. The number of hydrogen-bond donors (Lipinski definition) is 0. The summed E-state index contributed by atoms with van der Waals surface area (Å²) < 4.78 is 36.1. The van der Waals surface area contributed by atoms with Gasteiger partial charge in [0.05, 0.1) is 5.25 Å². The maximum Gasteiger partial charge on any atom is 0.253 e. The Labute approximate surface area is 113 Å². The van der Waals surface area contributed by atoms with Crippen LogP contribution in [-0.2, 0) is 9.84 Å². The minimum atomic E-state index is -3.24. The summed E-state index contributed by atoms with van der Waals surface area (Å²) in [5.74, 6) is -0.898. The molecule has 1 aromatic rings. The lowest BCUT2D eigenvalue weighted by Crippen LogP contribution is -2.44. The molecule has 0 bridgehead atoms. The first-order valence-electron chi connectivity index (χ1n) is 5.86. The molecule has 0 aliphatic rings. The first-order chi connectivity index (χ1) is 8.64. The molecule has 1 rings (SSSR count). The molecule has 6 heteroatoms. The Morgan fingerprint density at radius 2 is 1.89 bits per heavy atom. The molecule has 0 aromatic heterocycles. The van der Waals surface area contributed by atoms with Crippen molar-refractivity contribution in [1.82, 2.24) is 4.90 Å². The zero-order chi connectivity index (χ0) is 14.8. The first-order valence-corrected chi connectivity index (χ1v) is 7.81. The lowest BCUT2D eigenvalue weighted by molar-refractivity contribution is 0.0742. The Hall–Kier alpha value is -1.43. The van der Waals surface area contributed by atoms with Crippen LogP contribution in [0.15, 0.2) is 24.3 Å². The van der Waals surface area contributed by atoms with Gasteiger partial charge >= 0.3 is 0 Å². The summed E-state index contributed by atoms with van der Waals surface area (Å²) in [5.41, 5.74) is 0.204. The van der Waals surface area contributed by atoms with E-state index in [1.807, 2.05) is 0 Å². The fourth-order valence-electron chi connectivity index (χ4n) is 1.68. The van der Waals surface area contributed by atoms with Gasteiger partial charge in [-0.25, -0.2) is 12.8 Å². The van der Waals surface area contributed by atoms with Crippen molar-refractivity contribution in [3.8, 4) is 0 Å². The summed E-state index contributed by atoms with van der Waals surface area (Å²) in [6, 6.07) is 4.84. The van der Waals surface area contributed by atoms with E-state index in [-0.39, 0.29) is 5.56 Å². The Balaban J connectivity index is 2.94. The minimum absolute atomic E-state index is 0.204. The van der Waals surface area contributed by atoms with Gasteiger partial charge in [-0.1, -0.05) is 6.07 Å². The molecule has 2 atom stereocenters. The highest BCUT2D eigenvalue weighted by Crippen LogP contribution is 2.14. The predicted molar refractivity (Wildman–Crippen MR) is 72.3 cm³/mol. The smallest absolute Gasteiger partial charge is 0.253 e. The summed E-state index contributed by atoms with van der Waals surface area (Å²) in [4.78, 5) is 13.5. The third-order valence-electron chi connectivity index (χ3n) is 3.36. The molecule has 1 amide bonds. The zero-order valence-electron chi connectivity index (χ0n) is 11.4. The number of carbonyl (C=O) groups excluding carboxylic acids is 1. The van der Waals surface area contributed by atoms with Crippen molar-refractivity contribution in [3.63, 3.8) is 0 Å². The number of benzene rings is 1. The third-order valence-corrected chi connectivity index (χ3v) is 5.10. The second-order valence-electron chi connectivity index (χ2n) is 4.70. The summed E-state index contributed by atoms with van der Waals surface area (Å²) in [6.45, 7) is 3.21. The lowest BCUT2D eigenvalue weighted by atomic mass is 10.1. The van der Waals surface area contributed by atoms with Gasteiger partial charge in [-0.3, -0.25) is 4.79 Å². The number of halogens is 1. The van der Waals surface area contributed by atoms with Gasteiger partial charge in [-0.05, 0) is 32.0 Å². The molecule has 19 heavy (non-hydrogen) atoms. The van der Waals surface area contributed by atoms with Crippen LogP contribution in [-0.4, -0.2) is 43.8 Å². The highest BCUT2D eigenvalue weighted by Gasteiger charge is 2.28. The number of nitrogens with zero attached hydrogens (tertiary/aromatic N) is 1. The minimum Gasteiger partial charge on any atom is -0.338 e. The lowest BCUT2D eigenvalue weighted by Gasteiger charge is -2.29. The molecule has 0 spiro atoms. The second kappa shape index (κ2) is 5.69. The zero-order valence-corrected chi connectivity index (χ0v) is 12.2. The molecular formula is C13H18FNO3S. The van der Waals surface area contributed by atoms with E-state index < -0.39 is 32.9 Å². The highest BCUT2D eigenvalue weighted by molar-refractivity contribution is 7.91. The molecule has 4 nitrogen and oxygen atoms in total. The Bertz CT molecular complexity index is 571. The van der Waals surface area contributed by atoms with Gasteiger partial charge in [0.15, 0.2) is 9.84 Å². The molecule has 0 saturated carbocycles. The molecular weight excluding hydrogens is 269 g/mol. The first kappa shape index (κ1) is 15.6. The van der Waals surface area contributed by atoms with Crippen molar-refractivity contribution >= 4 is 15.7 Å². The van der Waals surface area contributed by atoms with Crippen molar-refractivity contribution in [1.29, 1.82) is 0 Å². The summed E-state index contributed by atoms with van der Waals surface area (Å²) >= 11 is 0. The van der Waals surface area contributed by atoms with Gasteiger partial charge in [-0.15, -0.1) is 0 Å². The SMILES string of the molecule is CC(C(C)S(C)(=O)=O)N(C)C(=O)c1cccc(F)c1. The fraction of sp³-hybridized carbons (Fsp3) is 0.462. The summed E-state index contributed by atoms with van der Waals surface area (Å²) in [7, 11) is -1.73. The Morgan fingerprint density at radius 1 is 1.32 bits per heavy atom. The third kappa shape index (κ3) is 3.76. The van der Waals surface area contributed by atoms with Crippen molar-refractivity contribution in [2.75, 3.05) is 13.3 Å². The number of rotatable bonds is 4. The molecule has 0 saturated heterocycles. The average Bonchev–Trinajstić information content (AvgIpc) is 2.34. The number of carbonyl (C=O) groups is 1. The topological polar surface area (TPSA) is 54.5 Å². The molecule has 106 valence electrons. The molecule has 0 heterocycles. The van der Waals surface area contributed by atoms with Gasteiger partial charge in [0.2, 0.25) is 0 Å². The Morgan fingerprint density at radius 3 is 2.37 bits per heavy atom. The molecule has 0 aliphatic heterocycles. The molecule has 0 fully saturated rings. The van der Waals surface area contributed by atoms with Crippen molar-refractivity contribution in [2.45, 2.75) is 25.1 Å². The van der Waals surface area contributed by atoms with E-state index in [9.17, 15) is 17.6 Å². The van der Waals surface area contributed by atoms with E-state index in [0.29, 0.717) is 0 Å². The van der Waals surface area contributed by atoms with Crippen LogP contribution in [0.4, 0.5) is 4.39 Å². The monoisotopic (exact) mass is 287 g/mol. The average molecular weight is 287 g/mol. The Kier molecular flexibility index (Phi) is 4.68. The number of amides is 1. The van der Waals surface area contributed by atoms with E-state index in [1.165, 1.54) is 30.1 Å². The predicted octanol–water partition coefficient (Wildman–Crippen LogP) is 1.72. The molecule has 0 aliphatic carbocycles. The van der Waals surface area contributed by atoms with Crippen LogP contribution in [0.5, 0.6) is 0 Å². The number of sulfone groups is 1. The van der Waals surface area contributed by atoms with Gasteiger partial charge in [0.25, 0.3) is 5.91 Å². The van der Waals surface area contributed by atoms with E-state index in [0.717, 1.165) is 12.3 Å². The van der Waals surface area contributed by atoms with Gasteiger partial charge in [0.1, 0.15) is 5.82 Å². The summed E-state index contributed by atoms with van der Waals surface area (Å²) in [5, 5.41) is -0.685. The van der Waals surface area contributed by atoms with E-state index >= 15 is 0 Å². The van der Waals surface area contributed by atoms with Crippen LogP contribution < -0.4 is 0 Å². The van der Waals surface area contributed by atoms with E-state index in [2.05, 4.69) is 0 Å². The van der Waals surface area contributed by atoms with Crippen molar-refractivity contribution in [2.24, 2.45) is 0 Å². The fourth-order valence-corrected chi connectivity index (χ4v) is 2.58. The molecule has 0 radical (unpaired) electrons. The molecule has 1 aromatic carbocycles. The number of hydrogen-bond acceptors (Lipinski definition) is 3. The standard InChI is InChI=1S/C13H18FNO3S/c1-9(10(2)19(4,17)18)15(3)13(16)11-6-5-7-12(14)8-11/h5-10H,1-4H3.